The number of hydrogen-bond acceptors (Lipinski definition) is 2. The van der Waals surface area contributed by atoms with Gasteiger partial charge in [0.25, 0.3) is 0 Å². The number of aryl methyl sites for hydroxylation is 1. The highest BCUT2D eigenvalue weighted by atomic mass is 16.3. The lowest BCUT2D eigenvalue weighted by atomic mass is 9.77. The fraction of sp³-hybridized carbons (Fsp3) is 0.586. The van der Waals surface area contributed by atoms with Gasteiger partial charge in [-0.15, -0.1) is 0 Å². The molecule has 2 aromatic rings. The number of unbranched alkanes of at least 4 members (excludes halogenated alkanes) is 1. The minimum absolute atomic E-state index is 0.122. The first kappa shape index (κ1) is 25.3. The molecule has 2 rings (SSSR count). The van der Waals surface area contributed by atoms with Crippen LogP contribution in [0.1, 0.15) is 115 Å². The van der Waals surface area contributed by atoms with Crippen molar-refractivity contribution in [1.29, 1.82) is 0 Å². The van der Waals surface area contributed by atoms with E-state index in [2.05, 4.69) is 93.5 Å². The average Bonchev–Trinajstić information content (AvgIpc) is 2.60. The van der Waals surface area contributed by atoms with Gasteiger partial charge < -0.3 is 10.2 Å². The van der Waals surface area contributed by atoms with E-state index in [4.69, 9.17) is 0 Å². The lowest BCUT2D eigenvalue weighted by Gasteiger charge is -2.28. The highest BCUT2D eigenvalue weighted by Gasteiger charge is 2.27. The van der Waals surface area contributed by atoms with E-state index < -0.39 is 0 Å². The van der Waals surface area contributed by atoms with Gasteiger partial charge in [0.15, 0.2) is 0 Å². The van der Waals surface area contributed by atoms with Crippen LogP contribution in [-0.2, 0) is 29.1 Å². The number of benzene rings is 2. The molecule has 0 unspecified atom stereocenters. The van der Waals surface area contributed by atoms with Crippen LogP contribution in [0.5, 0.6) is 11.5 Å². The largest absolute Gasteiger partial charge is 0.507 e. The van der Waals surface area contributed by atoms with E-state index in [1.54, 1.807) is 0 Å². The molecule has 0 fully saturated rings. The summed E-state index contributed by atoms with van der Waals surface area (Å²) in [6.45, 7) is 21.6. The van der Waals surface area contributed by atoms with Gasteiger partial charge in [-0.2, -0.15) is 0 Å². The van der Waals surface area contributed by atoms with Crippen molar-refractivity contribution in [3.63, 3.8) is 0 Å². The summed E-state index contributed by atoms with van der Waals surface area (Å²) in [5.41, 5.74) is 6.08. The zero-order valence-electron chi connectivity index (χ0n) is 21.5. The summed E-state index contributed by atoms with van der Waals surface area (Å²) in [6, 6.07) is 8.69. The Balaban J connectivity index is 2.64. The Morgan fingerprint density at radius 3 is 1.39 bits per heavy atom. The van der Waals surface area contributed by atoms with Crippen molar-refractivity contribution in [3.8, 4) is 11.5 Å². The fourth-order valence-electron chi connectivity index (χ4n) is 4.17. The number of phenols is 2. The average molecular weight is 425 g/mol. The minimum Gasteiger partial charge on any atom is -0.507 e. The first-order valence-corrected chi connectivity index (χ1v) is 11.8. The van der Waals surface area contributed by atoms with Crippen molar-refractivity contribution in [1.82, 2.24) is 0 Å². The van der Waals surface area contributed by atoms with Crippen molar-refractivity contribution in [3.05, 3.63) is 57.6 Å². The topological polar surface area (TPSA) is 40.5 Å². The summed E-state index contributed by atoms with van der Waals surface area (Å²) >= 11 is 0. The van der Waals surface area contributed by atoms with Crippen molar-refractivity contribution in [2.75, 3.05) is 0 Å². The smallest absolute Gasteiger partial charge is 0.123 e. The predicted octanol–water partition coefficient (Wildman–Crippen LogP) is 7.92. The van der Waals surface area contributed by atoms with E-state index in [9.17, 15) is 10.2 Å². The molecule has 2 N–H and O–H groups in total. The molecule has 0 amide bonds. The molecule has 0 bridgehead atoms. The molecule has 0 saturated heterocycles. The summed E-state index contributed by atoms with van der Waals surface area (Å²) in [5.74, 6) is 0.884. The monoisotopic (exact) mass is 424 g/mol. The Morgan fingerprint density at radius 1 is 0.613 bits per heavy atom. The Bertz CT molecular complexity index is 880. The molecule has 2 heteroatoms. The summed E-state index contributed by atoms with van der Waals surface area (Å²) in [5, 5.41) is 22.0. The predicted molar refractivity (Wildman–Crippen MR) is 134 cm³/mol. The Kier molecular flexibility index (Phi) is 7.25. The first-order chi connectivity index (χ1) is 14.1. The van der Waals surface area contributed by atoms with Crippen LogP contribution in [0.25, 0.3) is 0 Å². The maximum atomic E-state index is 11.0. The molecule has 0 spiro atoms. The maximum Gasteiger partial charge on any atom is 0.123 e. The second-order valence-corrected chi connectivity index (χ2v) is 12.2. The number of hydrogen-bond donors (Lipinski definition) is 2. The molecule has 0 saturated carbocycles. The summed E-state index contributed by atoms with van der Waals surface area (Å²) in [6.07, 6.45) is 3.86. The third-order valence-corrected chi connectivity index (χ3v) is 6.05. The SMILES string of the molecule is CCCCc1cc(Cc2cc(C(C)(C)C)c(O)c(C(C)(C)C)c2)cc(C(C)(C)C)c1O. The van der Waals surface area contributed by atoms with Gasteiger partial charge in [-0.25, -0.2) is 0 Å². The zero-order chi connectivity index (χ0) is 23.8. The van der Waals surface area contributed by atoms with Crippen molar-refractivity contribution < 1.29 is 10.2 Å². The minimum atomic E-state index is -0.141. The molecule has 2 aromatic carbocycles. The lowest BCUT2D eigenvalue weighted by Crippen LogP contribution is -2.18. The standard InChI is InChI=1S/C29H44O2/c1-11-12-13-21-15-19(16-22(25(21)30)27(2,3)4)14-20-17-23(28(5,6)7)26(31)24(18-20)29(8,9)10/h15-18,30-31H,11-14H2,1-10H3. The molecule has 0 aliphatic carbocycles. The van der Waals surface area contributed by atoms with Gasteiger partial charge in [-0.1, -0.05) is 99.9 Å². The van der Waals surface area contributed by atoms with Crippen LogP contribution in [0.15, 0.2) is 24.3 Å². The molecule has 31 heavy (non-hydrogen) atoms. The first-order valence-electron chi connectivity index (χ1n) is 11.8. The zero-order valence-corrected chi connectivity index (χ0v) is 21.5. The molecule has 0 aromatic heterocycles. The molecular weight excluding hydrogens is 380 g/mol. The van der Waals surface area contributed by atoms with Crippen molar-refractivity contribution in [2.45, 2.75) is 111 Å². The molecule has 172 valence electrons. The normalized spacial score (nSPS) is 13.0. The molecule has 0 radical (unpaired) electrons. The van der Waals surface area contributed by atoms with Crippen molar-refractivity contribution in [2.24, 2.45) is 0 Å². The van der Waals surface area contributed by atoms with Crippen LogP contribution < -0.4 is 0 Å². The van der Waals surface area contributed by atoms with E-state index in [0.29, 0.717) is 11.5 Å². The van der Waals surface area contributed by atoms with E-state index in [0.717, 1.165) is 47.9 Å². The van der Waals surface area contributed by atoms with Gasteiger partial charge in [0.1, 0.15) is 11.5 Å². The quantitative estimate of drug-likeness (QED) is 0.511. The van der Waals surface area contributed by atoms with Crippen LogP contribution in [0, 0.1) is 0 Å². The Morgan fingerprint density at radius 2 is 1.00 bits per heavy atom. The van der Waals surface area contributed by atoms with E-state index in [1.165, 1.54) is 11.1 Å². The summed E-state index contributed by atoms with van der Waals surface area (Å²) in [7, 11) is 0. The Labute approximate surface area is 190 Å². The summed E-state index contributed by atoms with van der Waals surface area (Å²) in [4.78, 5) is 0. The van der Waals surface area contributed by atoms with Crippen LogP contribution in [0.4, 0.5) is 0 Å². The van der Waals surface area contributed by atoms with E-state index >= 15 is 0 Å². The summed E-state index contributed by atoms with van der Waals surface area (Å²) < 4.78 is 0. The van der Waals surface area contributed by atoms with Gasteiger partial charge in [0.2, 0.25) is 0 Å². The Hall–Kier alpha value is -1.96. The molecule has 0 aliphatic heterocycles. The van der Waals surface area contributed by atoms with Crippen LogP contribution in [0.2, 0.25) is 0 Å². The second-order valence-electron chi connectivity index (χ2n) is 12.2. The van der Waals surface area contributed by atoms with Crippen LogP contribution in [0.3, 0.4) is 0 Å². The highest BCUT2D eigenvalue weighted by Crippen LogP contribution is 2.41. The van der Waals surface area contributed by atoms with E-state index in [-0.39, 0.29) is 16.2 Å². The number of phenolic OH excluding ortho intramolecular Hbond substituents is 2. The fourth-order valence-corrected chi connectivity index (χ4v) is 4.17. The lowest BCUT2D eigenvalue weighted by molar-refractivity contribution is 0.423. The maximum absolute atomic E-state index is 11.0. The van der Waals surface area contributed by atoms with Crippen LogP contribution in [-0.4, -0.2) is 10.2 Å². The molecule has 0 heterocycles. The third-order valence-electron chi connectivity index (χ3n) is 6.05. The highest BCUT2D eigenvalue weighted by molar-refractivity contribution is 5.52. The van der Waals surface area contributed by atoms with Crippen LogP contribution >= 0.6 is 0 Å². The van der Waals surface area contributed by atoms with Gasteiger partial charge in [0.05, 0.1) is 0 Å². The number of rotatable bonds is 5. The van der Waals surface area contributed by atoms with Gasteiger partial charge in [-0.3, -0.25) is 0 Å². The molecular formula is C29H44O2. The second kappa shape index (κ2) is 8.88. The van der Waals surface area contributed by atoms with Crippen molar-refractivity contribution >= 4 is 0 Å². The molecule has 2 nitrogen and oxygen atoms in total. The van der Waals surface area contributed by atoms with E-state index in [1.807, 2.05) is 0 Å². The van der Waals surface area contributed by atoms with Gasteiger partial charge in [-0.05, 0) is 68.9 Å². The van der Waals surface area contributed by atoms with Gasteiger partial charge >= 0.3 is 0 Å². The molecule has 0 aliphatic rings. The third kappa shape index (κ3) is 6.05. The van der Waals surface area contributed by atoms with Gasteiger partial charge in [0, 0.05) is 0 Å². The molecule has 0 atom stereocenters. The number of aromatic hydroxyl groups is 2.